The lowest BCUT2D eigenvalue weighted by Gasteiger charge is -2.22. The summed E-state index contributed by atoms with van der Waals surface area (Å²) in [5, 5.41) is 13.9. The van der Waals surface area contributed by atoms with Crippen molar-refractivity contribution in [3.63, 3.8) is 0 Å². The minimum atomic E-state index is -0.921. The van der Waals surface area contributed by atoms with E-state index < -0.39 is 6.09 Å². The van der Waals surface area contributed by atoms with Gasteiger partial charge in [0.1, 0.15) is 0 Å². The molecule has 1 atom stereocenters. The quantitative estimate of drug-likeness (QED) is 0.540. The molecule has 0 aliphatic carbocycles. The van der Waals surface area contributed by atoms with Crippen molar-refractivity contribution in [2.75, 3.05) is 19.6 Å². The molecule has 0 radical (unpaired) electrons. The summed E-state index contributed by atoms with van der Waals surface area (Å²) < 4.78 is 0. The summed E-state index contributed by atoms with van der Waals surface area (Å²) in [4.78, 5) is 10.1. The molecular formula is C7H14N2O2. The fraction of sp³-hybridized carbons (Fsp3) is 0.857. The molecule has 3 N–H and O–H groups in total. The average molecular weight is 158 g/mol. The van der Waals surface area contributed by atoms with E-state index in [0.29, 0.717) is 12.5 Å². The van der Waals surface area contributed by atoms with Gasteiger partial charge < -0.3 is 15.7 Å². The van der Waals surface area contributed by atoms with Crippen LogP contribution >= 0.6 is 0 Å². The predicted octanol–water partition coefficient (Wildman–Crippen LogP) is 0.254. The molecule has 1 fully saturated rings. The number of hydrogen-bond donors (Lipinski definition) is 3. The van der Waals surface area contributed by atoms with Gasteiger partial charge >= 0.3 is 6.09 Å². The summed E-state index contributed by atoms with van der Waals surface area (Å²) in [5.74, 6) is 0.486. The number of amides is 1. The van der Waals surface area contributed by atoms with Crippen molar-refractivity contribution < 1.29 is 9.90 Å². The molecule has 0 saturated carbocycles. The highest BCUT2D eigenvalue weighted by molar-refractivity contribution is 5.64. The van der Waals surface area contributed by atoms with Crippen LogP contribution in [0.5, 0.6) is 0 Å². The second-order valence-electron chi connectivity index (χ2n) is 2.90. The first-order chi connectivity index (χ1) is 5.29. The third-order valence-corrected chi connectivity index (χ3v) is 1.94. The van der Waals surface area contributed by atoms with Gasteiger partial charge in [0.15, 0.2) is 0 Å². The molecule has 0 aromatic carbocycles. The summed E-state index contributed by atoms with van der Waals surface area (Å²) >= 11 is 0. The summed E-state index contributed by atoms with van der Waals surface area (Å²) in [7, 11) is 0. The Hall–Kier alpha value is -0.770. The zero-order valence-electron chi connectivity index (χ0n) is 6.47. The maximum absolute atomic E-state index is 10.1. The Balaban J connectivity index is 2.09. The van der Waals surface area contributed by atoms with E-state index in [2.05, 4.69) is 10.6 Å². The zero-order chi connectivity index (χ0) is 8.10. The van der Waals surface area contributed by atoms with Crippen molar-refractivity contribution in [3.8, 4) is 0 Å². The molecule has 4 heteroatoms. The van der Waals surface area contributed by atoms with E-state index in [1.165, 1.54) is 0 Å². The minimum absolute atomic E-state index is 0.486. The van der Waals surface area contributed by atoms with E-state index in [1.807, 2.05) is 0 Å². The number of piperidine rings is 1. The van der Waals surface area contributed by atoms with E-state index in [4.69, 9.17) is 5.11 Å². The molecule has 0 spiro atoms. The van der Waals surface area contributed by atoms with Gasteiger partial charge in [0.05, 0.1) is 0 Å². The lowest BCUT2D eigenvalue weighted by molar-refractivity contribution is 0.191. The lowest BCUT2D eigenvalue weighted by Crippen LogP contribution is -2.37. The van der Waals surface area contributed by atoms with Crippen molar-refractivity contribution in [1.82, 2.24) is 10.6 Å². The lowest BCUT2D eigenvalue weighted by atomic mass is 10.00. The normalized spacial score (nSPS) is 24.5. The molecule has 0 aromatic heterocycles. The van der Waals surface area contributed by atoms with E-state index in [9.17, 15) is 4.79 Å². The summed E-state index contributed by atoms with van der Waals surface area (Å²) in [6, 6.07) is 0. The predicted molar refractivity (Wildman–Crippen MR) is 41.6 cm³/mol. The van der Waals surface area contributed by atoms with Crippen LogP contribution in [0.3, 0.4) is 0 Å². The summed E-state index contributed by atoms with van der Waals surface area (Å²) in [6.07, 6.45) is 1.37. The van der Waals surface area contributed by atoms with Gasteiger partial charge in [-0.25, -0.2) is 4.79 Å². The van der Waals surface area contributed by atoms with Crippen molar-refractivity contribution in [3.05, 3.63) is 0 Å². The first kappa shape index (κ1) is 8.33. The molecule has 0 aromatic rings. The number of hydrogen-bond acceptors (Lipinski definition) is 2. The van der Waals surface area contributed by atoms with Crippen LogP contribution in [-0.2, 0) is 0 Å². The Labute approximate surface area is 66.0 Å². The van der Waals surface area contributed by atoms with Gasteiger partial charge in [-0.2, -0.15) is 0 Å². The highest BCUT2D eigenvalue weighted by Crippen LogP contribution is 2.07. The second kappa shape index (κ2) is 4.18. The molecule has 1 aliphatic rings. The van der Waals surface area contributed by atoms with E-state index in [0.717, 1.165) is 25.9 Å². The molecule has 0 bridgehead atoms. The van der Waals surface area contributed by atoms with E-state index in [-0.39, 0.29) is 0 Å². The minimum Gasteiger partial charge on any atom is -0.465 e. The van der Waals surface area contributed by atoms with Gasteiger partial charge in [-0.05, 0) is 31.8 Å². The van der Waals surface area contributed by atoms with Crippen LogP contribution in [0.15, 0.2) is 0 Å². The smallest absolute Gasteiger partial charge is 0.404 e. The van der Waals surface area contributed by atoms with Gasteiger partial charge in [-0.1, -0.05) is 0 Å². The van der Waals surface area contributed by atoms with Crippen molar-refractivity contribution >= 4 is 6.09 Å². The Morgan fingerprint density at radius 3 is 3.09 bits per heavy atom. The monoisotopic (exact) mass is 158 g/mol. The second-order valence-corrected chi connectivity index (χ2v) is 2.90. The summed E-state index contributed by atoms with van der Waals surface area (Å²) in [5.41, 5.74) is 0. The fourth-order valence-corrected chi connectivity index (χ4v) is 1.33. The maximum atomic E-state index is 10.1. The highest BCUT2D eigenvalue weighted by atomic mass is 16.4. The Morgan fingerprint density at radius 2 is 2.55 bits per heavy atom. The zero-order valence-corrected chi connectivity index (χ0v) is 6.47. The van der Waals surface area contributed by atoms with E-state index in [1.54, 1.807) is 0 Å². The molecule has 1 amide bonds. The number of carbonyl (C=O) groups is 1. The molecular weight excluding hydrogens is 144 g/mol. The van der Waals surface area contributed by atoms with Crippen LogP contribution in [0.25, 0.3) is 0 Å². The maximum Gasteiger partial charge on any atom is 0.404 e. The van der Waals surface area contributed by atoms with E-state index >= 15 is 0 Å². The van der Waals surface area contributed by atoms with Gasteiger partial charge in [-0.15, -0.1) is 0 Å². The third kappa shape index (κ3) is 3.23. The van der Waals surface area contributed by atoms with Gasteiger partial charge in [-0.3, -0.25) is 0 Å². The highest BCUT2D eigenvalue weighted by Gasteiger charge is 2.12. The molecule has 64 valence electrons. The number of carboxylic acid groups (broad SMARTS) is 1. The Bertz CT molecular complexity index is 132. The van der Waals surface area contributed by atoms with Crippen LogP contribution in [0.2, 0.25) is 0 Å². The first-order valence-corrected chi connectivity index (χ1v) is 3.96. The van der Waals surface area contributed by atoms with Gasteiger partial charge in [0.25, 0.3) is 0 Å². The molecule has 1 unspecified atom stereocenters. The number of rotatable bonds is 2. The summed E-state index contributed by atoms with van der Waals surface area (Å²) in [6.45, 7) is 2.60. The standard InChI is InChI=1S/C7H14N2O2/c10-7(11)9-5-6-2-1-3-8-4-6/h6,8-9H,1-5H2,(H,10,11). The molecule has 1 heterocycles. The largest absolute Gasteiger partial charge is 0.465 e. The first-order valence-electron chi connectivity index (χ1n) is 3.96. The van der Waals surface area contributed by atoms with Crippen LogP contribution in [0.1, 0.15) is 12.8 Å². The van der Waals surface area contributed by atoms with Crippen LogP contribution in [0, 0.1) is 5.92 Å². The fourth-order valence-electron chi connectivity index (χ4n) is 1.33. The Morgan fingerprint density at radius 1 is 1.73 bits per heavy atom. The molecule has 11 heavy (non-hydrogen) atoms. The third-order valence-electron chi connectivity index (χ3n) is 1.94. The van der Waals surface area contributed by atoms with Crippen molar-refractivity contribution in [2.24, 2.45) is 5.92 Å². The van der Waals surface area contributed by atoms with Crippen LogP contribution in [0.4, 0.5) is 4.79 Å². The Kier molecular flexibility index (Phi) is 3.16. The van der Waals surface area contributed by atoms with Gasteiger partial charge in [0, 0.05) is 6.54 Å². The van der Waals surface area contributed by atoms with Crippen LogP contribution in [-0.4, -0.2) is 30.8 Å². The van der Waals surface area contributed by atoms with Crippen LogP contribution < -0.4 is 10.6 Å². The topological polar surface area (TPSA) is 61.4 Å². The average Bonchev–Trinajstić information content (AvgIpc) is 2.03. The molecule has 1 aliphatic heterocycles. The van der Waals surface area contributed by atoms with Crippen molar-refractivity contribution in [1.29, 1.82) is 0 Å². The van der Waals surface area contributed by atoms with Crippen molar-refractivity contribution in [2.45, 2.75) is 12.8 Å². The number of nitrogens with one attached hydrogen (secondary N) is 2. The molecule has 1 rings (SSSR count). The SMILES string of the molecule is O=C(O)NCC1CCCNC1. The molecule has 4 nitrogen and oxygen atoms in total. The van der Waals surface area contributed by atoms with Gasteiger partial charge in [0.2, 0.25) is 0 Å². The molecule has 1 saturated heterocycles.